The summed E-state index contributed by atoms with van der Waals surface area (Å²) >= 11 is 3.53. The van der Waals surface area contributed by atoms with Crippen LogP contribution in [-0.4, -0.2) is 10.2 Å². The predicted octanol–water partition coefficient (Wildman–Crippen LogP) is 4.71. The van der Waals surface area contributed by atoms with Crippen LogP contribution in [-0.2, 0) is 18.4 Å². The average Bonchev–Trinajstić information content (AvgIpc) is 2.93. The van der Waals surface area contributed by atoms with E-state index in [2.05, 4.69) is 62.3 Å². The normalized spacial score (nSPS) is 12.1. The summed E-state index contributed by atoms with van der Waals surface area (Å²) in [5.74, 6) is 0.627. The number of nitrogens with one attached hydrogen (secondary N) is 1. The Bertz CT molecular complexity index is 549. The average molecular weight is 310 g/mol. The Balaban J connectivity index is 1.92. The zero-order valence-corrected chi connectivity index (χ0v) is 14.5. The molecule has 0 aliphatic rings. The Labute approximate surface area is 129 Å². The smallest absolute Gasteiger partial charge is 0.205 e. The highest BCUT2D eigenvalue weighted by Crippen LogP contribution is 2.30. The maximum absolute atomic E-state index is 4.22. The molecule has 0 saturated heterocycles. The molecule has 110 valence electrons. The Hall–Kier alpha value is -0.940. The van der Waals surface area contributed by atoms with E-state index < -0.39 is 0 Å². The van der Waals surface area contributed by atoms with E-state index in [1.54, 1.807) is 11.3 Å². The molecule has 0 aliphatic heterocycles. The van der Waals surface area contributed by atoms with Crippen LogP contribution in [0.1, 0.15) is 49.4 Å². The molecule has 2 aromatic rings. The highest BCUT2D eigenvalue weighted by Gasteiger charge is 2.16. The summed E-state index contributed by atoms with van der Waals surface area (Å²) in [7, 11) is 0. The van der Waals surface area contributed by atoms with Crippen LogP contribution in [0, 0.1) is 5.92 Å². The van der Waals surface area contributed by atoms with Crippen molar-refractivity contribution in [3.63, 3.8) is 0 Å². The van der Waals surface area contributed by atoms with Crippen molar-refractivity contribution in [2.75, 3.05) is 5.32 Å². The van der Waals surface area contributed by atoms with Gasteiger partial charge in [-0.15, -0.1) is 21.5 Å². The van der Waals surface area contributed by atoms with Gasteiger partial charge in [-0.25, -0.2) is 0 Å². The lowest BCUT2D eigenvalue weighted by Gasteiger charge is -2.15. The summed E-state index contributed by atoms with van der Waals surface area (Å²) in [5, 5.41) is 13.8. The fraction of sp³-hybridized carbons (Fsp3) is 0.600. The van der Waals surface area contributed by atoms with Gasteiger partial charge in [-0.2, -0.15) is 0 Å². The van der Waals surface area contributed by atoms with Gasteiger partial charge in [0.15, 0.2) is 0 Å². The van der Waals surface area contributed by atoms with Gasteiger partial charge in [-0.1, -0.05) is 46.0 Å². The van der Waals surface area contributed by atoms with Crippen molar-refractivity contribution in [2.45, 2.75) is 53.0 Å². The molecule has 5 heteroatoms. The van der Waals surface area contributed by atoms with Gasteiger partial charge in [0, 0.05) is 16.2 Å². The lowest BCUT2D eigenvalue weighted by Crippen LogP contribution is -2.07. The minimum Gasteiger partial charge on any atom is -0.355 e. The third kappa shape index (κ3) is 4.28. The number of anilines is 1. The van der Waals surface area contributed by atoms with E-state index in [1.807, 2.05) is 11.3 Å². The summed E-state index contributed by atoms with van der Waals surface area (Å²) < 4.78 is 0. The lowest BCUT2D eigenvalue weighted by molar-refractivity contribution is 0.604. The number of hydrogen-bond donors (Lipinski definition) is 1. The second kappa shape index (κ2) is 6.22. The molecule has 1 N–H and O–H groups in total. The highest BCUT2D eigenvalue weighted by atomic mass is 32.1. The summed E-state index contributed by atoms with van der Waals surface area (Å²) in [6.45, 7) is 12.0. The number of nitrogens with zero attached hydrogens (tertiary/aromatic N) is 2. The van der Waals surface area contributed by atoms with Crippen molar-refractivity contribution < 1.29 is 0 Å². The maximum atomic E-state index is 4.22. The van der Waals surface area contributed by atoms with Crippen LogP contribution in [0.4, 0.5) is 5.13 Å². The Morgan fingerprint density at radius 3 is 2.50 bits per heavy atom. The standard InChI is InChI=1S/C15H23N3S2/c1-10(2)8-13-17-18-14(20-13)16-9-11-6-7-12(19-11)15(3,4)5/h6-7,10H,8-9H2,1-5H3,(H,16,18). The van der Waals surface area contributed by atoms with Gasteiger partial charge in [0.1, 0.15) is 5.01 Å². The van der Waals surface area contributed by atoms with Gasteiger partial charge in [-0.3, -0.25) is 0 Å². The van der Waals surface area contributed by atoms with Crippen molar-refractivity contribution in [1.82, 2.24) is 10.2 Å². The fourth-order valence-electron chi connectivity index (χ4n) is 1.80. The minimum absolute atomic E-state index is 0.232. The Morgan fingerprint density at radius 1 is 1.15 bits per heavy atom. The van der Waals surface area contributed by atoms with Crippen molar-refractivity contribution in [1.29, 1.82) is 0 Å². The third-order valence-electron chi connectivity index (χ3n) is 2.86. The molecular formula is C15H23N3S2. The van der Waals surface area contributed by atoms with Crippen LogP contribution in [0.3, 0.4) is 0 Å². The summed E-state index contributed by atoms with van der Waals surface area (Å²) in [6, 6.07) is 4.43. The van der Waals surface area contributed by atoms with Gasteiger partial charge in [0.2, 0.25) is 5.13 Å². The summed E-state index contributed by atoms with van der Waals surface area (Å²) in [5.41, 5.74) is 0.232. The highest BCUT2D eigenvalue weighted by molar-refractivity contribution is 7.15. The molecular weight excluding hydrogens is 286 g/mol. The van der Waals surface area contributed by atoms with Crippen LogP contribution in [0.15, 0.2) is 12.1 Å². The first-order valence-electron chi connectivity index (χ1n) is 7.00. The van der Waals surface area contributed by atoms with Crippen LogP contribution in [0.25, 0.3) is 0 Å². The number of rotatable bonds is 5. The third-order valence-corrected chi connectivity index (χ3v) is 5.28. The van der Waals surface area contributed by atoms with E-state index in [4.69, 9.17) is 0 Å². The van der Waals surface area contributed by atoms with Crippen molar-refractivity contribution in [3.05, 3.63) is 26.9 Å². The molecule has 2 rings (SSSR count). The van der Waals surface area contributed by atoms with Crippen molar-refractivity contribution in [3.8, 4) is 0 Å². The van der Waals surface area contributed by atoms with E-state index >= 15 is 0 Å². The van der Waals surface area contributed by atoms with Crippen molar-refractivity contribution in [2.24, 2.45) is 5.92 Å². The molecule has 0 saturated carbocycles. The zero-order chi connectivity index (χ0) is 14.8. The maximum Gasteiger partial charge on any atom is 0.205 e. The van der Waals surface area contributed by atoms with Crippen LogP contribution in [0.2, 0.25) is 0 Å². The fourth-order valence-corrected chi connectivity index (χ4v) is 3.75. The molecule has 0 fully saturated rings. The first-order valence-corrected chi connectivity index (χ1v) is 8.63. The first kappa shape index (κ1) is 15.4. The second-order valence-electron chi connectivity index (χ2n) is 6.47. The molecule has 20 heavy (non-hydrogen) atoms. The van der Waals surface area contributed by atoms with E-state index in [9.17, 15) is 0 Å². The SMILES string of the molecule is CC(C)Cc1nnc(NCc2ccc(C(C)(C)C)s2)s1. The van der Waals surface area contributed by atoms with E-state index in [1.165, 1.54) is 9.75 Å². The topological polar surface area (TPSA) is 37.8 Å². The quantitative estimate of drug-likeness (QED) is 0.869. The molecule has 0 amide bonds. The van der Waals surface area contributed by atoms with E-state index in [-0.39, 0.29) is 5.41 Å². The van der Waals surface area contributed by atoms with Crippen LogP contribution < -0.4 is 5.32 Å². The molecule has 0 bridgehead atoms. The predicted molar refractivity (Wildman–Crippen MR) is 88.8 cm³/mol. The molecule has 0 spiro atoms. The molecule has 2 heterocycles. The molecule has 2 aromatic heterocycles. The monoisotopic (exact) mass is 309 g/mol. The van der Waals surface area contributed by atoms with Crippen LogP contribution in [0.5, 0.6) is 0 Å². The molecule has 3 nitrogen and oxygen atoms in total. The van der Waals surface area contributed by atoms with Gasteiger partial charge in [-0.05, 0) is 23.5 Å². The van der Waals surface area contributed by atoms with Crippen LogP contribution >= 0.6 is 22.7 Å². The number of thiophene rings is 1. The van der Waals surface area contributed by atoms with E-state index in [0.29, 0.717) is 5.92 Å². The minimum atomic E-state index is 0.232. The lowest BCUT2D eigenvalue weighted by atomic mass is 9.95. The van der Waals surface area contributed by atoms with E-state index in [0.717, 1.165) is 23.1 Å². The zero-order valence-electron chi connectivity index (χ0n) is 12.9. The van der Waals surface area contributed by atoms with Crippen molar-refractivity contribution >= 4 is 27.8 Å². The Morgan fingerprint density at radius 2 is 1.90 bits per heavy atom. The summed E-state index contributed by atoms with van der Waals surface area (Å²) in [6.07, 6.45) is 1.01. The molecule has 0 radical (unpaired) electrons. The molecule has 0 aliphatic carbocycles. The number of hydrogen-bond acceptors (Lipinski definition) is 5. The van der Waals surface area contributed by atoms with Gasteiger partial charge >= 0.3 is 0 Å². The molecule has 0 aromatic carbocycles. The van der Waals surface area contributed by atoms with Gasteiger partial charge in [0.05, 0.1) is 6.54 Å². The molecule has 0 unspecified atom stereocenters. The largest absolute Gasteiger partial charge is 0.355 e. The molecule has 0 atom stereocenters. The first-order chi connectivity index (χ1) is 9.34. The Kier molecular flexibility index (Phi) is 4.81. The summed E-state index contributed by atoms with van der Waals surface area (Å²) in [4.78, 5) is 2.77. The van der Waals surface area contributed by atoms with Gasteiger partial charge < -0.3 is 5.32 Å². The second-order valence-corrected chi connectivity index (χ2v) is 8.70. The van der Waals surface area contributed by atoms with Gasteiger partial charge in [0.25, 0.3) is 0 Å². The number of aromatic nitrogens is 2.